The van der Waals surface area contributed by atoms with E-state index in [0.29, 0.717) is 13.1 Å². The summed E-state index contributed by atoms with van der Waals surface area (Å²) in [5.74, 6) is -1.35. The van der Waals surface area contributed by atoms with Gasteiger partial charge in [-0.25, -0.2) is 9.59 Å². The zero-order valence-corrected chi connectivity index (χ0v) is 11.0. The zero-order valence-electron chi connectivity index (χ0n) is 11.0. The largest absolute Gasteiger partial charge is 0.377 e. The Morgan fingerprint density at radius 3 is 1.65 bits per heavy atom. The molecule has 112 valence electrons. The molecule has 2 aliphatic rings. The second kappa shape index (κ2) is 7.95. The van der Waals surface area contributed by atoms with Crippen molar-refractivity contribution in [3.05, 3.63) is 12.2 Å². The van der Waals surface area contributed by atoms with Crippen LogP contribution in [0.5, 0.6) is 0 Å². The van der Waals surface area contributed by atoms with E-state index in [-0.39, 0.29) is 12.2 Å². The molecule has 2 saturated heterocycles. The topological polar surface area (TPSA) is 95.1 Å². The Hall–Kier alpha value is -1.48. The first kappa shape index (κ1) is 14.9. The van der Waals surface area contributed by atoms with E-state index in [1.807, 2.05) is 0 Å². The summed E-state index contributed by atoms with van der Waals surface area (Å²) in [6.45, 7) is 2.36. The van der Waals surface area contributed by atoms with Crippen LogP contribution in [0.4, 0.5) is 0 Å². The van der Waals surface area contributed by atoms with E-state index in [1.165, 1.54) is 0 Å². The van der Waals surface area contributed by atoms with Crippen molar-refractivity contribution >= 4 is 11.9 Å². The monoisotopic (exact) mass is 286 g/mol. The van der Waals surface area contributed by atoms with Crippen LogP contribution in [0, 0.1) is 0 Å². The van der Waals surface area contributed by atoms with Gasteiger partial charge in [-0.3, -0.25) is 0 Å². The molecule has 8 nitrogen and oxygen atoms in total. The van der Waals surface area contributed by atoms with Crippen LogP contribution in [0.25, 0.3) is 0 Å². The molecule has 2 heterocycles. The lowest BCUT2D eigenvalue weighted by molar-refractivity contribution is -0.151. The van der Waals surface area contributed by atoms with Crippen molar-refractivity contribution in [2.45, 2.75) is 25.0 Å². The molecule has 0 unspecified atom stereocenters. The van der Waals surface area contributed by atoms with Crippen molar-refractivity contribution in [3.8, 4) is 0 Å². The lowest BCUT2D eigenvalue weighted by atomic mass is 10.2. The van der Waals surface area contributed by atoms with Gasteiger partial charge in [-0.15, -0.1) is 0 Å². The lowest BCUT2D eigenvalue weighted by Gasteiger charge is -2.25. The normalized spacial score (nSPS) is 24.8. The first-order valence-electron chi connectivity index (χ1n) is 6.52. The van der Waals surface area contributed by atoms with E-state index >= 15 is 0 Å². The van der Waals surface area contributed by atoms with Crippen molar-refractivity contribution in [1.29, 1.82) is 0 Å². The minimum absolute atomic E-state index is 0.0923. The van der Waals surface area contributed by atoms with E-state index in [2.05, 4.69) is 20.6 Å². The molecule has 20 heavy (non-hydrogen) atoms. The maximum atomic E-state index is 11.2. The molecule has 2 rings (SSSR count). The second-order valence-corrected chi connectivity index (χ2v) is 4.44. The summed E-state index contributed by atoms with van der Waals surface area (Å²) in [6, 6.07) is 0. The van der Waals surface area contributed by atoms with Crippen LogP contribution in [0.3, 0.4) is 0 Å². The molecular formula is C12H18N2O6. The molecule has 0 bridgehead atoms. The summed E-state index contributed by atoms with van der Waals surface area (Å²) in [7, 11) is 0. The predicted octanol–water partition coefficient (Wildman–Crippen LogP) is -0.784. The van der Waals surface area contributed by atoms with Crippen molar-refractivity contribution < 1.29 is 28.7 Å². The molecule has 2 aliphatic heterocycles. The molecule has 0 spiro atoms. The first-order valence-corrected chi connectivity index (χ1v) is 6.52. The number of nitrogens with one attached hydrogen (secondary N) is 2. The lowest BCUT2D eigenvalue weighted by Crippen LogP contribution is -2.38. The number of hydrogen-bond acceptors (Lipinski definition) is 8. The fourth-order valence-corrected chi connectivity index (χ4v) is 1.51. The van der Waals surface area contributed by atoms with Crippen LogP contribution < -0.4 is 11.0 Å². The highest BCUT2D eigenvalue weighted by atomic mass is 16.7. The maximum absolute atomic E-state index is 11.2. The maximum Gasteiger partial charge on any atom is 0.349 e. The quantitative estimate of drug-likeness (QED) is 0.443. The summed E-state index contributed by atoms with van der Waals surface area (Å²) in [5.41, 5.74) is 4.95. The average Bonchev–Trinajstić information content (AvgIpc) is 2.33. The van der Waals surface area contributed by atoms with Crippen LogP contribution in [-0.4, -0.2) is 50.4 Å². The summed E-state index contributed by atoms with van der Waals surface area (Å²) < 4.78 is 10.2. The van der Waals surface area contributed by atoms with E-state index in [9.17, 15) is 9.59 Å². The van der Waals surface area contributed by atoms with Gasteiger partial charge in [-0.05, 0) is 12.8 Å². The molecule has 2 atom stereocenters. The van der Waals surface area contributed by atoms with Crippen molar-refractivity contribution in [2.24, 2.45) is 0 Å². The number of hydrogen-bond donors (Lipinski definition) is 2. The number of hydroxylamine groups is 2. The van der Waals surface area contributed by atoms with Gasteiger partial charge < -0.3 is 19.1 Å². The predicted molar refractivity (Wildman–Crippen MR) is 66.0 cm³/mol. The highest BCUT2D eigenvalue weighted by molar-refractivity contribution is 5.91. The summed E-state index contributed by atoms with van der Waals surface area (Å²) in [6.07, 6.45) is 4.05. The third-order valence-electron chi connectivity index (χ3n) is 2.91. The third-order valence-corrected chi connectivity index (χ3v) is 2.91. The number of carbonyl (C=O) groups excluding carboxylic acids is 2. The minimum atomic E-state index is -0.677. The van der Waals surface area contributed by atoms with Gasteiger partial charge in [0.25, 0.3) is 0 Å². The molecule has 8 heteroatoms. The van der Waals surface area contributed by atoms with Gasteiger partial charge in [0, 0.05) is 25.4 Å². The van der Waals surface area contributed by atoms with Crippen molar-refractivity contribution in [2.75, 3.05) is 26.3 Å². The van der Waals surface area contributed by atoms with E-state index < -0.39 is 11.9 Å². The third kappa shape index (κ3) is 5.25. The molecule has 0 amide bonds. The van der Waals surface area contributed by atoms with Crippen LogP contribution in [0.1, 0.15) is 12.8 Å². The van der Waals surface area contributed by atoms with Crippen LogP contribution >= 0.6 is 0 Å². The molecule has 0 radical (unpaired) electrons. The first-order chi connectivity index (χ1) is 9.74. The molecule has 0 aromatic rings. The summed E-state index contributed by atoms with van der Waals surface area (Å²) >= 11 is 0. The van der Waals surface area contributed by atoms with Crippen LogP contribution in [-0.2, 0) is 28.7 Å². The summed E-state index contributed by atoms with van der Waals surface area (Å²) in [4.78, 5) is 31.8. The van der Waals surface area contributed by atoms with Gasteiger partial charge in [0.1, 0.15) is 0 Å². The average molecular weight is 286 g/mol. The van der Waals surface area contributed by atoms with E-state index in [1.54, 1.807) is 0 Å². The molecule has 0 saturated carbocycles. The Morgan fingerprint density at radius 2 is 1.35 bits per heavy atom. The molecule has 0 aromatic heterocycles. The van der Waals surface area contributed by atoms with Crippen LogP contribution in [0.2, 0.25) is 0 Å². The Labute approximate surface area is 116 Å². The van der Waals surface area contributed by atoms with Gasteiger partial charge in [0.15, 0.2) is 0 Å². The van der Waals surface area contributed by atoms with Crippen molar-refractivity contribution in [1.82, 2.24) is 11.0 Å². The number of ether oxygens (including phenoxy) is 2. The molecular weight excluding hydrogens is 268 g/mol. The fourth-order valence-electron chi connectivity index (χ4n) is 1.51. The number of carbonyl (C=O) groups is 2. The fraction of sp³-hybridized carbons (Fsp3) is 0.667. The molecule has 0 aromatic carbocycles. The van der Waals surface area contributed by atoms with Gasteiger partial charge >= 0.3 is 11.9 Å². The van der Waals surface area contributed by atoms with Gasteiger partial charge in [-0.2, -0.15) is 11.0 Å². The molecule has 2 fully saturated rings. The smallest absolute Gasteiger partial charge is 0.349 e. The van der Waals surface area contributed by atoms with Gasteiger partial charge in [0.2, 0.25) is 0 Å². The van der Waals surface area contributed by atoms with Crippen LogP contribution in [0.15, 0.2) is 12.2 Å². The summed E-state index contributed by atoms with van der Waals surface area (Å²) in [5, 5.41) is 0. The highest BCUT2D eigenvalue weighted by Crippen LogP contribution is 2.09. The number of rotatable bonds is 8. The Balaban J connectivity index is 1.48. The SMILES string of the molecule is O=C(/C=C/C(=O)ONC[C@@H]1CCO1)ONC[C@@H]1CCO1. The molecule has 2 N–H and O–H groups in total. The minimum Gasteiger partial charge on any atom is -0.377 e. The standard InChI is InChI=1S/C12H18N2O6/c15-11(19-13-7-9-3-5-17-9)1-2-12(16)20-14-8-10-4-6-18-10/h1-2,9-10,13-14H,3-8H2/b2-1+/t9-,10-/m0/s1. The Morgan fingerprint density at radius 1 is 0.950 bits per heavy atom. The zero-order chi connectivity index (χ0) is 14.2. The van der Waals surface area contributed by atoms with Gasteiger partial charge in [-0.1, -0.05) is 0 Å². The Kier molecular flexibility index (Phi) is 5.93. The van der Waals surface area contributed by atoms with Gasteiger partial charge in [0.05, 0.1) is 25.3 Å². The van der Waals surface area contributed by atoms with E-state index in [0.717, 1.165) is 38.2 Å². The second-order valence-electron chi connectivity index (χ2n) is 4.44. The van der Waals surface area contributed by atoms with Crippen molar-refractivity contribution in [3.63, 3.8) is 0 Å². The Bertz CT molecular complexity index is 331. The van der Waals surface area contributed by atoms with E-state index in [4.69, 9.17) is 9.47 Å². The highest BCUT2D eigenvalue weighted by Gasteiger charge is 2.18. The molecule has 0 aliphatic carbocycles.